The Kier molecular flexibility index (Phi) is 9.29. The second-order valence-corrected chi connectivity index (χ2v) is 10.4. The zero-order chi connectivity index (χ0) is 31.1. The summed E-state index contributed by atoms with van der Waals surface area (Å²) in [7, 11) is 0. The van der Waals surface area contributed by atoms with E-state index in [1.54, 1.807) is 65.6 Å². The molecule has 0 saturated carbocycles. The highest BCUT2D eigenvalue weighted by Crippen LogP contribution is 2.30. The van der Waals surface area contributed by atoms with Crippen LogP contribution in [0.1, 0.15) is 49.1 Å². The molecule has 1 unspecified atom stereocenters. The van der Waals surface area contributed by atoms with Gasteiger partial charge in [-0.25, -0.2) is 4.39 Å². The molecule has 3 N–H and O–H groups in total. The van der Waals surface area contributed by atoms with E-state index in [9.17, 15) is 28.7 Å². The van der Waals surface area contributed by atoms with Crippen LogP contribution in [0.25, 0.3) is 0 Å². The lowest BCUT2D eigenvalue weighted by Gasteiger charge is -2.37. The minimum atomic E-state index is -1.13. The molecule has 0 aliphatic carbocycles. The first-order chi connectivity index (χ1) is 21.3. The van der Waals surface area contributed by atoms with Gasteiger partial charge < -0.3 is 25.5 Å². The van der Waals surface area contributed by atoms with Crippen LogP contribution in [0.4, 0.5) is 15.8 Å². The fraction of sp³-hybridized carbons (Fsp3) is 0.176. The second-order valence-electron chi connectivity index (χ2n) is 10.4. The number of hydrogen-bond donors (Lipinski definition) is 3. The quantitative estimate of drug-likeness (QED) is 0.251. The molecule has 4 aromatic carbocycles. The van der Waals surface area contributed by atoms with Gasteiger partial charge in [-0.05, 0) is 60.2 Å². The molecule has 0 aromatic heterocycles. The zero-order valence-electron chi connectivity index (χ0n) is 23.8. The number of carbonyl (C=O) groups excluding carboxylic acids is 3. The number of carboxylic acid groups (broad SMARTS) is 1. The number of rotatable bonds is 9. The first-order valence-corrected chi connectivity index (χ1v) is 14.2. The number of benzene rings is 4. The van der Waals surface area contributed by atoms with Gasteiger partial charge in [0.15, 0.2) is 0 Å². The van der Waals surface area contributed by atoms with Crippen LogP contribution in [0.15, 0.2) is 103 Å². The fourth-order valence-electron chi connectivity index (χ4n) is 5.11. The Balaban J connectivity index is 1.38. The molecule has 1 atom stereocenters. The highest BCUT2D eigenvalue weighted by molar-refractivity contribution is 6.07. The monoisotopic (exact) mass is 594 g/mol. The highest BCUT2D eigenvalue weighted by atomic mass is 19.1. The minimum absolute atomic E-state index is 0.0491. The molecule has 44 heavy (non-hydrogen) atoms. The summed E-state index contributed by atoms with van der Waals surface area (Å²) in [5, 5.41) is 15.1. The van der Waals surface area contributed by atoms with Crippen LogP contribution in [0, 0.1) is 5.82 Å². The Hall–Kier alpha value is -5.51. The molecule has 1 saturated heterocycles. The van der Waals surface area contributed by atoms with Crippen molar-refractivity contribution in [3.05, 3.63) is 131 Å². The molecule has 1 aliphatic heterocycles. The van der Waals surface area contributed by atoms with E-state index in [2.05, 4.69) is 10.6 Å². The van der Waals surface area contributed by atoms with Gasteiger partial charge in [0.25, 0.3) is 17.7 Å². The molecule has 0 bridgehead atoms. The topological polar surface area (TPSA) is 119 Å². The second kappa shape index (κ2) is 13.6. The Bertz CT molecular complexity index is 1640. The van der Waals surface area contributed by atoms with Crippen molar-refractivity contribution in [1.82, 2.24) is 10.2 Å². The van der Waals surface area contributed by atoms with Crippen LogP contribution >= 0.6 is 0 Å². The van der Waals surface area contributed by atoms with Gasteiger partial charge in [0.05, 0.1) is 23.8 Å². The predicted molar refractivity (Wildman–Crippen MR) is 164 cm³/mol. The molecule has 3 amide bonds. The maximum Gasteiger partial charge on any atom is 0.305 e. The summed E-state index contributed by atoms with van der Waals surface area (Å²) in [5.74, 6) is -2.57. The van der Waals surface area contributed by atoms with E-state index in [4.69, 9.17) is 0 Å². The Morgan fingerprint density at radius 2 is 1.34 bits per heavy atom. The van der Waals surface area contributed by atoms with Crippen LogP contribution in [0.3, 0.4) is 0 Å². The van der Waals surface area contributed by atoms with Crippen molar-refractivity contribution in [1.29, 1.82) is 0 Å². The summed E-state index contributed by atoms with van der Waals surface area (Å²) < 4.78 is 13.5. The number of aliphatic carboxylic acids is 1. The van der Waals surface area contributed by atoms with E-state index >= 15 is 0 Å². The average Bonchev–Trinajstić information content (AvgIpc) is 3.05. The number of anilines is 2. The summed E-state index contributed by atoms with van der Waals surface area (Å²) >= 11 is 0. The summed E-state index contributed by atoms with van der Waals surface area (Å²) in [6.07, 6.45) is -0.404. The van der Waals surface area contributed by atoms with Crippen molar-refractivity contribution in [2.24, 2.45) is 0 Å². The zero-order valence-corrected chi connectivity index (χ0v) is 23.8. The third-order valence-electron chi connectivity index (χ3n) is 7.43. The van der Waals surface area contributed by atoms with E-state index < -0.39 is 30.2 Å². The number of carbonyl (C=O) groups is 4. The molecule has 4 aromatic rings. The molecule has 9 nitrogen and oxygen atoms in total. The summed E-state index contributed by atoms with van der Waals surface area (Å²) in [4.78, 5) is 54.9. The summed E-state index contributed by atoms with van der Waals surface area (Å²) in [6.45, 7) is 1.94. The molecule has 1 fully saturated rings. The Morgan fingerprint density at radius 3 is 1.95 bits per heavy atom. The van der Waals surface area contributed by atoms with Crippen LogP contribution < -0.4 is 15.5 Å². The molecular formula is C34H31FN4O5. The number of hydrogen-bond acceptors (Lipinski definition) is 5. The van der Waals surface area contributed by atoms with Gasteiger partial charge in [0.1, 0.15) is 5.82 Å². The number of nitrogens with one attached hydrogen (secondary N) is 2. The third-order valence-corrected chi connectivity index (χ3v) is 7.43. The van der Waals surface area contributed by atoms with Gasteiger partial charge in [-0.1, -0.05) is 48.5 Å². The normalized spacial score (nSPS) is 13.6. The van der Waals surface area contributed by atoms with Crippen molar-refractivity contribution < 1.29 is 28.7 Å². The molecular weight excluding hydrogens is 563 g/mol. The molecule has 224 valence electrons. The van der Waals surface area contributed by atoms with Gasteiger partial charge in [0, 0.05) is 42.9 Å². The van der Waals surface area contributed by atoms with E-state index in [1.807, 2.05) is 23.1 Å². The van der Waals surface area contributed by atoms with Gasteiger partial charge >= 0.3 is 5.97 Å². The van der Waals surface area contributed by atoms with Gasteiger partial charge in [-0.2, -0.15) is 0 Å². The van der Waals surface area contributed by atoms with Crippen molar-refractivity contribution >= 4 is 35.1 Å². The van der Waals surface area contributed by atoms with Gasteiger partial charge in [-0.15, -0.1) is 0 Å². The summed E-state index contributed by atoms with van der Waals surface area (Å²) in [6, 6.07) is 27.0. The molecule has 1 heterocycles. The van der Waals surface area contributed by atoms with Crippen molar-refractivity contribution in [2.75, 3.05) is 36.4 Å². The SMILES string of the molecule is O=C(O)CC(NC(=O)c1ccc(N2CCN(C(=O)c3ccccc3)CC2)c(NC(=O)c2ccccc2)c1)c1ccc(F)cc1. The predicted octanol–water partition coefficient (Wildman–Crippen LogP) is 4.99. The maximum atomic E-state index is 13.5. The van der Waals surface area contributed by atoms with Gasteiger partial charge in [-0.3, -0.25) is 19.2 Å². The van der Waals surface area contributed by atoms with Crippen LogP contribution in [0.2, 0.25) is 0 Å². The largest absolute Gasteiger partial charge is 0.481 e. The first kappa shape index (κ1) is 30.0. The third kappa shape index (κ3) is 7.27. The average molecular weight is 595 g/mol. The molecule has 5 rings (SSSR count). The lowest BCUT2D eigenvalue weighted by Crippen LogP contribution is -2.49. The first-order valence-electron chi connectivity index (χ1n) is 14.2. The fourth-order valence-corrected chi connectivity index (χ4v) is 5.11. The number of nitrogens with zero attached hydrogens (tertiary/aromatic N) is 2. The van der Waals surface area contributed by atoms with E-state index in [0.717, 1.165) is 0 Å². The highest BCUT2D eigenvalue weighted by Gasteiger charge is 2.25. The van der Waals surface area contributed by atoms with Crippen molar-refractivity contribution in [3.8, 4) is 0 Å². The van der Waals surface area contributed by atoms with E-state index in [-0.39, 0.29) is 17.4 Å². The number of halogens is 1. The molecule has 1 aliphatic rings. The van der Waals surface area contributed by atoms with Crippen LogP contribution in [-0.4, -0.2) is 59.9 Å². The Morgan fingerprint density at radius 1 is 0.727 bits per heavy atom. The number of carboxylic acids is 1. The number of piperazine rings is 1. The lowest BCUT2D eigenvalue weighted by atomic mass is 10.0. The van der Waals surface area contributed by atoms with Crippen LogP contribution in [-0.2, 0) is 4.79 Å². The van der Waals surface area contributed by atoms with Crippen molar-refractivity contribution in [2.45, 2.75) is 12.5 Å². The summed E-state index contributed by atoms with van der Waals surface area (Å²) in [5.41, 5.74) is 2.77. The minimum Gasteiger partial charge on any atom is -0.481 e. The maximum absolute atomic E-state index is 13.5. The van der Waals surface area contributed by atoms with Crippen LogP contribution in [0.5, 0.6) is 0 Å². The number of amides is 3. The van der Waals surface area contributed by atoms with Gasteiger partial charge in [0.2, 0.25) is 0 Å². The van der Waals surface area contributed by atoms with E-state index in [1.165, 1.54) is 24.3 Å². The van der Waals surface area contributed by atoms with E-state index in [0.29, 0.717) is 54.2 Å². The van der Waals surface area contributed by atoms with Crippen molar-refractivity contribution in [3.63, 3.8) is 0 Å². The molecule has 0 radical (unpaired) electrons. The standard InChI is InChI=1S/C34H31FN4O5/c35-27-14-11-23(12-15-27)28(22-31(40)41)36-33(43)26-13-16-30(29(21-26)37-32(42)24-7-3-1-4-8-24)38-17-19-39(20-18-38)34(44)25-9-5-2-6-10-25/h1-16,21,28H,17-20,22H2,(H,36,43)(H,37,42)(H,40,41). The molecule has 0 spiro atoms. The lowest BCUT2D eigenvalue weighted by molar-refractivity contribution is -0.137. The Labute approximate surface area is 253 Å². The molecule has 10 heteroatoms. The smallest absolute Gasteiger partial charge is 0.305 e.